The Bertz CT molecular complexity index is 644. The van der Waals surface area contributed by atoms with Gasteiger partial charge in [-0.15, -0.1) is 0 Å². The zero-order valence-electron chi connectivity index (χ0n) is 14.1. The van der Waals surface area contributed by atoms with Crippen LogP contribution in [0.1, 0.15) is 25.3 Å². The molecule has 2 rings (SSSR count). The van der Waals surface area contributed by atoms with Gasteiger partial charge < -0.3 is 10.3 Å². The van der Waals surface area contributed by atoms with Crippen LogP contribution in [-0.4, -0.2) is 40.0 Å². The zero-order chi connectivity index (χ0) is 19.2. The molecule has 1 aromatic rings. The van der Waals surface area contributed by atoms with Crippen molar-refractivity contribution in [1.82, 2.24) is 20.7 Å². The van der Waals surface area contributed by atoms with E-state index in [-0.39, 0.29) is 18.1 Å². The highest BCUT2D eigenvalue weighted by molar-refractivity contribution is 7.99. The average molecular weight is 409 g/mol. The van der Waals surface area contributed by atoms with Crippen molar-refractivity contribution in [1.29, 1.82) is 0 Å². The third kappa shape index (κ3) is 5.28. The summed E-state index contributed by atoms with van der Waals surface area (Å²) in [5, 5.41) is 0. The van der Waals surface area contributed by atoms with E-state index >= 15 is 0 Å². The van der Waals surface area contributed by atoms with Gasteiger partial charge >= 0.3 is 6.18 Å². The van der Waals surface area contributed by atoms with Crippen molar-refractivity contribution in [2.45, 2.75) is 30.9 Å². The Labute approximate surface area is 159 Å². The number of amides is 1. The monoisotopic (exact) mass is 408 g/mol. The first-order valence-corrected chi connectivity index (χ1v) is 9.59. The first-order valence-electron chi connectivity index (χ1n) is 8.05. The molecule has 0 aliphatic carbocycles. The van der Waals surface area contributed by atoms with Gasteiger partial charge in [0, 0.05) is 48.6 Å². The number of rotatable bonds is 8. The van der Waals surface area contributed by atoms with E-state index in [1.165, 1.54) is 4.90 Å². The summed E-state index contributed by atoms with van der Waals surface area (Å²) in [6, 6.07) is 3.53. The molecule has 1 aromatic heterocycles. The van der Waals surface area contributed by atoms with Gasteiger partial charge in [0.15, 0.2) is 5.00 Å². The Balaban J connectivity index is 1.97. The van der Waals surface area contributed by atoms with Crippen LogP contribution in [0.5, 0.6) is 0 Å². The number of hydrazine groups is 1. The van der Waals surface area contributed by atoms with Gasteiger partial charge in [-0.2, -0.15) is 24.9 Å². The Kier molecular flexibility index (Phi) is 7.19. The number of nitrogens with one attached hydrogen (secondary N) is 2. The fraction of sp³-hybridized carbons (Fsp3) is 0.500. The number of nitrogens with zero attached hydrogens (tertiary/aromatic N) is 2. The number of halogens is 4. The molecule has 10 heteroatoms. The van der Waals surface area contributed by atoms with Crippen molar-refractivity contribution >= 4 is 29.3 Å². The molecule has 5 nitrogen and oxygen atoms in total. The predicted octanol–water partition coefficient (Wildman–Crippen LogP) is 3.35. The van der Waals surface area contributed by atoms with Gasteiger partial charge in [-0.05, 0) is 13.0 Å². The second-order valence-electron chi connectivity index (χ2n) is 5.56. The maximum absolute atomic E-state index is 12.6. The van der Waals surface area contributed by atoms with E-state index < -0.39 is 17.6 Å². The van der Waals surface area contributed by atoms with Crippen molar-refractivity contribution in [3.8, 4) is 0 Å². The number of hydrogen-bond donors (Lipinski definition) is 2. The van der Waals surface area contributed by atoms with Gasteiger partial charge in [0.2, 0.25) is 5.91 Å². The molecule has 1 unspecified atom stereocenters. The van der Waals surface area contributed by atoms with E-state index in [1.807, 2.05) is 6.92 Å². The summed E-state index contributed by atoms with van der Waals surface area (Å²) in [7, 11) is 0. The fourth-order valence-corrected chi connectivity index (χ4v) is 3.71. The quantitative estimate of drug-likeness (QED) is 0.392. The van der Waals surface area contributed by atoms with Crippen LogP contribution in [0, 0.1) is 0 Å². The zero-order valence-corrected chi connectivity index (χ0v) is 15.7. The molecule has 26 heavy (non-hydrogen) atoms. The summed E-state index contributed by atoms with van der Waals surface area (Å²) in [5.41, 5.74) is 6.95. The van der Waals surface area contributed by atoms with Crippen LogP contribution < -0.4 is 10.9 Å². The fourth-order valence-electron chi connectivity index (χ4n) is 2.48. The second-order valence-corrected chi connectivity index (χ2v) is 7.36. The lowest BCUT2D eigenvalue weighted by Gasteiger charge is -2.32. The highest BCUT2D eigenvalue weighted by atomic mass is 35.5. The molecule has 2 N–H and O–H groups in total. The van der Waals surface area contributed by atoms with Crippen molar-refractivity contribution < 1.29 is 18.0 Å². The summed E-state index contributed by atoms with van der Waals surface area (Å²) >= 11 is 7.82. The van der Waals surface area contributed by atoms with E-state index in [9.17, 15) is 18.0 Å². The number of pyridine rings is 1. The van der Waals surface area contributed by atoms with Crippen LogP contribution in [0.3, 0.4) is 0 Å². The van der Waals surface area contributed by atoms with Crippen LogP contribution in [0.15, 0.2) is 36.4 Å². The van der Waals surface area contributed by atoms with Gasteiger partial charge in [0.05, 0.1) is 12.1 Å². The molecule has 0 fully saturated rings. The highest BCUT2D eigenvalue weighted by Gasteiger charge is 2.42. The predicted molar refractivity (Wildman–Crippen MR) is 96.1 cm³/mol. The smallest absolute Gasteiger partial charge is 0.325 e. The minimum Gasteiger partial charge on any atom is -0.325 e. The maximum atomic E-state index is 12.6. The highest BCUT2D eigenvalue weighted by Crippen LogP contribution is 2.37. The molecule has 1 amide bonds. The summed E-state index contributed by atoms with van der Waals surface area (Å²) < 4.78 is 36.4. The average Bonchev–Trinajstić information content (AvgIpc) is 2.98. The minimum atomic E-state index is -4.17. The molecule has 1 aliphatic heterocycles. The lowest BCUT2D eigenvalue weighted by Crippen LogP contribution is -2.45. The molecule has 0 aromatic carbocycles. The summed E-state index contributed by atoms with van der Waals surface area (Å²) in [6.45, 7) is 2.20. The second kappa shape index (κ2) is 8.96. The molecular formula is C16H20ClF3N4OS. The molecule has 1 atom stereocenters. The van der Waals surface area contributed by atoms with Crippen LogP contribution in [0.4, 0.5) is 13.2 Å². The summed E-state index contributed by atoms with van der Waals surface area (Å²) in [5.74, 6) is 0.0728. The lowest BCUT2D eigenvalue weighted by atomic mass is 10.1. The number of carbonyl (C=O) groups is 1. The van der Waals surface area contributed by atoms with Gasteiger partial charge in [-0.25, -0.2) is 5.43 Å². The molecule has 0 radical (unpaired) electrons. The number of alkyl halides is 4. The summed E-state index contributed by atoms with van der Waals surface area (Å²) in [6.07, 6.45) is -0.0526. The Morgan fingerprint density at radius 1 is 1.42 bits per heavy atom. The number of carbonyl (C=O) groups excluding carboxylic acids is 1. The Morgan fingerprint density at radius 3 is 2.81 bits per heavy atom. The first-order chi connectivity index (χ1) is 12.3. The minimum absolute atomic E-state index is 0.0517. The lowest BCUT2D eigenvalue weighted by molar-refractivity contribution is -0.129. The molecule has 0 bridgehead atoms. The first kappa shape index (κ1) is 20.9. The maximum Gasteiger partial charge on any atom is 0.389 e. The van der Waals surface area contributed by atoms with E-state index in [2.05, 4.69) is 15.8 Å². The van der Waals surface area contributed by atoms with Gasteiger partial charge in [0.25, 0.3) is 0 Å². The molecule has 144 valence electrons. The largest absolute Gasteiger partial charge is 0.389 e. The SMILES string of the molecule is CCN(C(=O)CCSCCC(F)(F)F)C1=CNNC1(Cl)c1cccnc1. The van der Waals surface area contributed by atoms with E-state index in [0.29, 0.717) is 23.6 Å². The van der Waals surface area contributed by atoms with Crippen LogP contribution in [-0.2, 0) is 9.79 Å². The molecule has 0 saturated heterocycles. The molecule has 1 aliphatic rings. The summed E-state index contributed by atoms with van der Waals surface area (Å²) in [4.78, 5) is 17.0. The molecule has 0 saturated carbocycles. The van der Waals surface area contributed by atoms with Crippen LogP contribution in [0.2, 0.25) is 0 Å². The number of aromatic nitrogens is 1. The van der Waals surface area contributed by atoms with Crippen LogP contribution >= 0.6 is 23.4 Å². The third-order valence-corrected chi connectivity index (χ3v) is 5.26. The van der Waals surface area contributed by atoms with Crippen LogP contribution in [0.25, 0.3) is 0 Å². The number of hydrogen-bond acceptors (Lipinski definition) is 5. The Hall–Kier alpha value is -1.45. The van der Waals surface area contributed by atoms with E-state index in [4.69, 9.17) is 11.6 Å². The third-order valence-electron chi connectivity index (χ3n) is 3.76. The topological polar surface area (TPSA) is 57.3 Å². The van der Waals surface area contributed by atoms with Gasteiger partial charge in [-0.1, -0.05) is 17.7 Å². The van der Waals surface area contributed by atoms with Gasteiger partial charge in [0.1, 0.15) is 0 Å². The molecular weight excluding hydrogens is 389 g/mol. The molecule has 2 heterocycles. The van der Waals surface area contributed by atoms with E-state index in [1.54, 1.807) is 30.7 Å². The van der Waals surface area contributed by atoms with E-state index in [0.717, 1.165) is 11.8 Å². The van der Waals surface area contributed by atoms with Gasteiger partial charge in [-0.3, -0.25) is 9.78 Å². The van der Waals surface area contributed by atoms with Crippen molar-refractivity contribution in [3.05, 3.63) is 42.0 Å². The Morgan fingerprint density at radius 2 is 2.19 bits per heavy atom. The normalized spacial score (nSPS) is 19.8. The van der Waals surface area contributed by atoms with Crippen molar-refractivity contribution in [2.75, 3.05) is 18.1 Å². The van der Waals surface area contributed by atoms with Crippen molar-refractivity contribution in [2.24, 2.45) is 0 Å². The number of thioether (sulfide) groups is 1. The molecule has 0 spiro atoms. The number of likely N-dealkylation sites (N-methyl/N-ethyl adjacent to an activating group) is 1. The standard InChI is InChI=1S/C16H20ClF3N4OS/c1-2-24(14(25)5-8-26-9-6-15(18,19)20)13-11-22-23-16(13,17)12-4-3-7-21-10-12/h3-4,7,10-11,22-23H,2,5-6,8-9H2,1H3. The van der Waals surface area contributed by atoms with Crippen molar-refractivity contribution in [3.63, 3.8) is 0 Å².